The highest BCUT2D eigenvalue weighted by Gasteiger charge is 2.48. The predicted molar refractivity (Wildman–Crippen MR) is 142 cm³/mol. The minimum atomic E-state index is -0.915. The molecule has 0 bridgehead atoms. The number of fused-ring (bicyclic) bond motifs is 1. The van der Waals surface area contributed by atoms with Gasteiger partial charge in [0.2, 0.25) is 0 Å². The predicted octanol–water partition coefficient (Wildman–Crippen LogP) is 6.37. The molecular formula is C29H25FN2O4S. The van der Waals surface area contributed by atoms with Crippen LogP contribution in [0.5, 0.6) is 5.75 Å². The van der Waals surface area contributed by atoms with Gasteiger partial charge in [-0.2, -0.15) is 0 Å². The fourth-order valence-corrected chi connectivity index (χ4v) is 5.42. The molecule has 188 valence electrons. The van der Waals surface area contributed by atoms with Crippen molar-refractivity contribution in [2.45, 2.75) is 32.2 Å². The van der Waals surface area contributed by atoms with Crippen LogP contribution in [0.3, 0.4) is 0 Å². The van der Waals surface area contributed by atoms with E-state index in [0.29, 0.717) is 27.1 Å². The monoisotopic (exact) mass is 516 g/mol. The van der Waals surface area contributed by atoms with Gasteiger partial charge in [-0.3, -0.25) is 14.5 Å². The van der Waals surface area contributed by atoms with Crippen LogP contribution in [0.4, 0.5) is 9.52 Å². The summed E-state index contributed by atoms with van der Waals surface area (Å²) in [6.45, 7) is 6.29. The molecule has 0 spiro atoms. The molecule has 5 rings (SSSR count). The second-order valence-electron chi connectivity index (χ2n) is 9.88. The molecule has 4 aromatic rings. The number of Topliss-reactive ketones (excluding diaryl/α,β-unsaturated/α-hetero) is 1. The summed E-state index contributed by atoms with van der Waals surface area (Å²) in [5, 5.41) is 11.6. The molecule has 0 aliphatic carbocycles. The van der Waals surface area contributed by atoms with Gasteiger partial charge in [0.05, 0.1) is 28.9 Å². The lowest BCUT2D eigenvalue weighted by Crippen LogP contribution is -2.29. The van der Waals surface area contributed by atoms with Crippen molar-refractivity contribution in [1.29, 1.82) is 0 Å². The summed E-state index contributed by atoms with van der Waals surface area (Å²) in [6, 6.07) is 17.5. The number of ether oxygens (including phenoxy) is 1. The van der Waals surface area contributed by atoms with Gasteiger partial charge in [0.25, 0.3) is 5.78 Å². The summed E-state index contributed by atoms with van der Waals surface area (Å²) in [7, 11) is 1.53. The zero-order valence-electron chi connectivity index (χ0n) is 20.8. The van der Waals surface area contributed by atoms with Gasteiger partial charge in [0.1, 0.15) is 17.3 Å². The Kier molecular flexibility index (Phi) is 6.07. The Morgan fingerprint density at radius 1 is 1.03 bits per heavy atom. The average Bonchev–Trinajstić information content (AvgIpc) is 3.40. The van der Waals surface area contributed by atoms with Crippen LogP contribution < -0.4 is 9.64 Å². The maximum atomic E-state index is 13.8. The Hall–Kier alpha value is -4.04. The molecule has 1 fully saturated rings. The van der Waals surface area contributed by atoms with Gasteiger partial charge >= 0.3 is 5.91 Å². The Morgan fingerprint density at radius 3 is 2.32 bits per heavy atom. The van der Waals surface area contributed by atoms with Crippen molar-refractivity contribution in [2.75, 3.05) is 12.0 Å². The first-order valence-electron chi connectivity index (χ1n) is 11.7. The SMILES string of the molecule is COc1ccc(/C(O)=C2\C(=O)C(=O)N(c3nc4ccc(F)cc4s3)C2c2ccc(C(C)(C)C)cc2)cc1. The summed E-state index contributed by atoms with van der Waals surface area (Å²) in [4.78, 5) is 32.6. The van der Waals surface area contributed by atoms with Gasteiger partial charge in [-0.05, 0) is 59.0 Å². The molecule has 1 N–H and O–H groups in total. The highest BCUT2D eigenvalue weighted by Crippen LogP contribution is 2.44. The van der Waals surface area contributed by atoms with E-state index in [1.165, 1.54) is 30.2 Å². The zero-order valence-corrected chi connectivity index (χ0v) is 21.6. The minimum absolute atomic E-state index is 0.0379. The maximum absolute atomic E-state index is 13.8. The van der Waals surface area contributed by atoms with E-state index in [1.807, 2.05) is 24.3 Å². The van der Waals surface area contributed by atoms with Gasteiger partial charge in [-0.15, -0.1) is 0 Å². The molecule has 6 nitrogen and oxygen atoms in total. The normalized spacial score (nSPS) is 17.5. The highest BCUT2D eigenvalue weighted by atomic mass is 32.1. The number of thiazole rings is 1. The number of hydrogen-bond donors (Lipinski definition) is 1. The van der Waals surface area contributed by atoms with Crippen LogP contribution >= 0.6 is 11.3 Å². The van der Waals surface area contributed by atoms with Gasteiger partial charge in [-0.25, -0.2) is 9.37 Å². The molecule has 0 saturated carbocycles. The first-order chi connectivity index (χ1) is 17.6. The number of carbonyl (C=O) groups is 2. The van der Waals surface area contributed by atoms with Crippen molar-refractivity contribution in [3.63, 3.8) is 0 Å². The van der Waals surface area contributed by atoms with Crippen molar-refractivity contribution >= 4 is 44.1 Å². The first kappa shape index (κ1) is 24.6. The number of methoxy groups -OCH3 is 1. The molecule has 1 aliphatic heterocycles. The Morgan fingerprint density at radius 2 is 1.70 bits per heavy atom. The summed E-state index contributed by atoms with van der Waals surface area (Å²) in [5.41, 5.74) is 2.48. The first-order valence-corrected chi connectivity index (χ1v) is 12.5. The summed E-state index contributed by atoms with van der Waals surface area (Å²) >= 11 is 1.12. The lowest BCUT2D eigenvalue weighted by Gasteiger charge is -2.24. The molecule has 1 amide bonds. The number of hydrogen-bond acceptors (Lipinski definition) is 6. The van der Waals surface area contributed by atoms with Crippen LogP contribution in [-0.4, -0.2) is 28.9 Å². The van der Waals surface area contributed by atoms with Crippen LogP contribution in [0.25, 0.3) is 16.0 Å². The van der Waals surface area contributed by atoms with E-state index >= 15 is 0 Å². The van der Waals surface area contributed by atoms with Crippen molar-refractivity contribution in [2.24, 2.45) is 0 Å². The van der Waals surface area contributed by atoms with Gasteiger partial charge in [0.15, 0.2) is 5.13 Å². The van der Waals surface area contributed by atoms with Crippen LogP contribution in [-0.2, 0) is 15.0 Å². The number of nitrogens with zero attached hydrogens (tertiary/aromatic N) is 2. The molecule has 2 heterocycles. The molecule has 1 aromatic heterocycles. The molecule has 0 radical (unpaired) electrons. The van der Waals surface area contributed by atoms with E-state index in [9.17, 15) is 19.1 Å². The number of anilines is 1. The molecule has 1 saturated heterocycles. The second-order valence-corrected chi connectivity index (χ2v) is 10.9. The number of aromatic nitrogens is 1. The number of aliphatic hydroxyl groups excluding tert-OH is 1. The number of carbonyl (C=O) groups excluding carboxylic acids is 2. The number of rotatable bonds is 4. The fourth-order valence-electron chi connectivity index (χ4n) is 4.40. The van der Waals surface area contributed by atoms with Crippen molar-refractivity contribution < 1.29 is 23.8 Å². The second kappa shape index (κ2) is 9.12. The largest absolute Gasteiger partial charge is 0.507 e. The fraction of sp³-hybridized carbons (Fsp3) is 0.207. The topological polar surface area (TPSA) is 79.7 Å². The van der Waals surface area contributed by atoms with Crippen LogP contribution in [0.1, 0.15) is 43.5 Å². The van der Waals surface area contributed by atoms with Crippen molar-refractivity contribution in [1.82, 2.24) is 4.98 Å². The Balaban J connectivity index is 1.70. The lowest BCUT2D eigenvalue weighted by atomic mass is 9.85. The third-order valence-electron chi connectivity index (χ3n) is 6.45. The summed E-state index contributed by atoms with van der Waals surface area (Å²) < 4.78 is 19.6. The Labute approximate surface area is 217 Å². The number of benzene rings is 3. The standard InChI is InChI=1S/C29H25FN2O4S/c1-29(2,3)18-9-5-16(6-10-18)24-23(25(33)17-7-12-20(36-4)13-8-17)26(34)27(35)32(24)28-31-21-14-11-19(30)15-22(21)37-28/h5-15,24,33H,1-4H3/b25-23+. The number of halogens is 1. The van der Waals surface area contributed by atoms with Crippen LogP contribution in [0.15, 0.2) is 72.3 Å². The molecular weight excluding hydrogens is 491 g/mol. The van der Waals surface area contributed by atoms with E-state index in [4.69, 9.17) is 4.74 Å². The maximum Gasteiger partial charge on any atom is 0.301 e. The molecule has 1 aliphatic rings. The van der Waals surface area contributed by atoms with E-state index < -0.39 is 23.5 Å². The highest BCUT2D eigenvalue weighted by molar-refractivity contribution is 7.22. The van der Waals surface area contributed by atoms with E-state index in [-0.39, 0.29) is 21.9 Å². The van der Waals surface area contributed by atoms with Crippen LogP contribution in [0.2, 0.25) is 0 Å². The lowest BCUT2D eigenvalue weighted by molar-refractivity contribution is -0.132. The number of ketones is 1. The number of amides is 1. The minimum Gasteiger partial charge on any atom is -0.507 e. The third kappa shape index (κ3) is 4.38. The quantitative estimate of drug-likeness (QED) is 0.194. The van der Waals surface area contributed by atoms with E-state index in [2.05, 4.69) is 25.8 Å². The van der Waals surface area contributed by atoms with Gasteiger partial charge in [0, 0.05) is 5.56 Å². The zero-order chi connectivity index (χ0) is 26.5. The average molecular weight is 517 g/mol. The van der Waals surface area contributed by atoms with Gasteiger partial charge < -0.3 is 9.84 Å². The van der Waals surface area contributed by atoms with Gasteiger partial charge in [-0.1, -0.05) is 56.4 Å². The van der Waals surface area contributed by atoms with Crippen LogP contribution in [0, 0.1) is 5.82 Å². The smallest absolute Gasteiger partial charge is 0.301 e. The molecule has 1 unspecified atom stereocenters. The molecule has 3 aromatic carbocycles. The van der Waals surface area contributed by atoms with Crippen molar-refractivity contribution in [3.05, 3.63) is 94.8 Å². The molecule has 1 atom stereocenters. The summed E-state index contributed by atoms with van der Waals surface area (Å²) in [6.07, 6.45) is 0. The van der Waals surface area contributed by atoms with Crippen molar-refractivity contribution in [3.8, 4) is 5.75 Å². The van der Waals surface area contributed by atoms with E-state index in [0.717, 1.165) is 16.9 Å². The van der Waals surface area contributed by atoms with E-state index in [1.54, 1.807) is 24.3 Å². The Bertz CT molecular complexity index is 1550. The molecule has 8 heteroatoms. The summed E-state index contributed by atoms with van der Waals surface area (Å²) in [5.74, 6) is -1.74. The number of aliphatic hydroxyl groups is 1. The molecule has 37 heavy (non-hydrogen) atoms. The third-order valence-corrected chi connectivity index (χ3v) is 7.46.